The van der Waals surface area contributed by atoms with Crippen molar-refractivity contribution in [1.29, 1.82) is 0 Å². The molecule has 8 heteroatoms. The fourth-order valence-corrected chi connectivity index (χ4v) is 7.91. The van der Waals surface area contributed by atoms with Crippen molar-refractivity contribution in [2.24, 2.45) is 0 Å². The number of alkyl halides is 3. The maximum absolute atomic E-state index is 13.1. The molecule has 0 spiro atoms. The summed E-state index contributed by atoms with van der Waals surface area (Å²) in [5.41, 5.74) is 3.37. The molecule has 0 fully saturated rings. The van der Waals surface area contributed by atoms with Crippen LogP contribution in [-0.4, -0.2) is 13.3 Å². The van der Waals surface area contributed by atoms with Crippen LogP contribution in [0, 0.1) is 13.8 Å². The third-order valence-electron chi connectivity index (χ3n) is 7.72. The lowest BCUT2D eigenvalue weighted by Gasteiger charge is -2.37. The summed E-state index contributed by atoms with van der Waals surface area (Å²) in [6.07, 6.45) is -2.53. The van der Waals surface area contributed by atoms with Gasteiger partial charge in [0, 0.05) is 20.6 Å². The molecule has 218 valence electrons. The van der Waals surface area contributed by atoms with E-state index in [9.17, 15) is 13.2 Å². The summed E-state index contributed by atoms with van der Waals surface area (Å²) in [5.74, 6) is 0.945. The predicted octanol–water partition coefficient (Wildman–Crippen LogP) is 11.3. The number of halogens is 3. The van der Waals surface area contributed by atoms with Gasteiger partial charge in [0.1, 0.15) is 10.8 Å². The second-order valence-electron chi connectivity index (χ2n) is 12.0. The Balaban J connectivity index is 1.61. The lowest BCUT2D eigenvalue weighted by Crippen LogP contribution is -2.44. The van der Waals surface area contributed by atoms with Crippen molar-refractivity contribution in [3.8, 4) is 16.3 Å². The smallest absolute Gasteiger partial charge is 0.416 e. The van der Waals surface area contributed by atoms with Crippen LogP contribution in [0.2, 0.25) is 18.1 Å². The molecule has 1 heterocycles. The number of thiazole rings is 1. The van der Waals surface area contributed by atoms with Crippen molar-refractivity contribution < 1.29 is 17.6 Å². The molecule has 0 aliphatic carbocycles. The van der Waals surface area contributed by atoms with Crippen molar-refractivity contribution in [1.82, 2.24) is 4.98 Å². The summed E-state index contributed by atoms with van der Waals surface area (Å²) >= 11 is 3.39. The van der Waals surface area contributed by atoms with Crippen LogP contribution in [0.1, 0.15) is 59.7 Å². The summed E-state index contributed by atoms with van der Waals surface area (Å²) in [7, 11) is -1.96. The van der Waals surface area contributed by atoms with Crippen LogP contribution in [-0.2, 0) is 12.6 Å². The molecule has 41 heavy (non-hydrogen) atoms. The minimum Gasteiger partial charge on any atom is -0.543 e. The van der Waals surface area contributed by atoms with E-state index in [2.05, 4.69) is 83.3 Å². The number of aryl methyl sites for hydroxylation is 3. The molecule has 0 amide bonds. The molecule has 4 rings (SSSR count). The number of hydrogen-bond acceptors (Lipinski definition) is 4. The first-order chi connectivity index (χ1) is 19.1. The summed E-state index contributed by atoms with van der Waals surface area (Å²) in [5, 5.41) is 0.998. The molecular weight excluding hydrogens is 576 g/mol. The van der Waals surface area contributed by atoms with Crippen LogP contribution in [0.25, 0.3) is 10.6 Å². The summed E-state index contributed by atoms with van der Waals surface area (Å²) in [6.45, 7) is 15.3. The Morgan fingerprint density at radius 3 is 2.17 bits per heavy atom. The Kier molecular flexibility index (Phi) is 9.46. The van der Waals surface area contributed by atoms with Crippen LogP contribution in [0.15, 0.2) is 77.7 Å². The second-order valence-corrected chi connectivity index (χ2v) is 19.0. The van der Waals surface area contributed by atoms with Gasteiger partial charge >= 0.3 is 6.18 Å². The third kappa shape index (κ3) is 7.84. The average molecular weight is 614 g/mol. The van der Waals surface area contributed by atoms with Crippen molar-refractivity contribution >= 4 is 31.4 Å². The van der Waals surface area contributed by atoms with Gasteiger partial charge in [-0.15, -0.1) is 23.1 Å². The van der Waals surface area contributed by atoms with Gasteiger partial charge in [0.25, 0.3) is 0 Å². The molecule has 0 radical (unpaired) electrons. The Bertz CT molecular complexity index is 1460. The Morgan fingerprint density at radius 1 is 0.927 bits per heavy atom. The van der Waals surface area contributed by atoms with Gasteiger partial charge < -0.3 is 4.43 Å². The molecule has 0 aliphatic rings. The van der Waals surface area contributed by atoms with E-state index in [0.717, 1.165) is 56.8 Å². The van der Waals surface area contributed by atoms with Gasteiger partial charge in [-0.1, -0.05) is 63.2 Å². The molecule has 0 saturated heterocycles. The van der Waals surface area contributed by atoms with E-state index in [1.54, 1.807) is 11.3 Å². The van der Waals surface area contributed by atoms with Crippen molar-refractivity contribution in [2.75, 3.05) is 0 Å². The van der Waals surface area contributed by atoms with Gasteiger partial charge in [-0.05, 0) is 86.3 Å². The molecule has 0 bridgehead atoms. The zero-order chi connectivity index (χ0) is 30.0. The molecule has 0 N–H and O–H groups in total. The average Bonchev–Trinajstić information content (AvgIpc) is 3.29. The first kappa shape index (κ1) is 31.4. The van der Waals surface area contributed by atoms with E-state index in [1.807, 2.05) is 24.8 Å². The topological polar surface area (TPSA) is 22.1 Å². The number of nitrogens with zero attached hydrogens (tertiary/aromatic N) is 1. The lowest BCUT2D eigenvalue weighted by molar-refractivity contribution is -0.137. The van der Waals surface area contributed by atoms with Gasteiger partial charge in [0.15, 0.2) is 0 Å². The number of rotatable bonds is 9. The molecule has 4 aromatic rings. The highest BCUT2D eigenvalue weighted by atomic mass is 32.2. The van der Waals surface area contributed by atoms with E-state index >= 15 is 0 Å². The van der Waals surface area contributed by atoms with Crippen LogP contribution >= 0.6 is 23.1 Å². The first-order valence-electron chi connectivity index (χ1n) is 13.8. The zero-order valence-electron chi connectivity index (χ0n) is 24.7. The lowest BCUT2D eigenvalue weighted by atomic mass is 10.1. The highest BCUT2D eigenvalue weighted by Gasteiger charge is 2.39. The van der Waals surface area contributed by atoms with Crippen molar-refractivity contribution in [3.63, 3.8) is 0 Å². The molecule has 1 unspecified atom stereocenters. The molecule has 2 nitrogen and oxygen atoms in total. The van der Waals surface area contributed by atoms with E-state index in [1.165, 1.54) is 17.7 Å². The van der Waals surface area contributed by atoms with Crippen molar-refractivity contribution in [3.05, 3.63) is 100 Å². The van der Waals surface area contributed by atoms with Crippen LogP contribution in [0.4, 0.5) is 13.2 Å². The summed E-state index contributed by atoms with van der Waals surface area (Å²) in [4.78, 5) is 7.11. The van der Waals surface area contributed by atoms with E-state index in [4.69, 9.17) is 9.41 Å². The normalized spacial score (nSPS) is 13.3. The predicted molar refractivity (Wildman–Crippen MR) is 170 cm³/mol. The maximum Gasteiger partial charge on any atom is 0.416 e. The summed E-state index contributed by atoms with van der Waals surface area (Å²) < 4.78 is 45.9. The van der Waals surface area contributed by atoms with E-state index < -0.39 is 20.1 Å². The fourth-order valence-electron chi connectivity index (χ4n) is 4.22. The highest BCUT2D eigenvalue weighted by molar-refractivity contribution is 7.99. The van der Waals surface area contributed by atoms with Crippen LogP contribution in [0.3, 0.4) is 0 Å². The molecule has 3 aromatic carbocycles. The maximum atomic E-state index is 13.1. The minimum atomic E-state index is -4.36. The molecule has 1 aromatic heterocycles. The molecule has 0 saturated carbocycles. The Labute approximate surface area is 251 Å². The Hall–Kier alpha value is -2.55. The second kappa shape index (κ2) is 12.4. The Morgan fingerprint density at radius 2 is 1.59 bits per heavy atom. The molecular formula is C33H38F3NOS2Si. The minimum absolute atomic E-state index is 0.115. The monoisotopic (exact) mass is 613 g/mol. The van der Waals surface area contributed by atoms with Gasteiger partial charge in [-0.3, -0.25) is 0 Å². The SMILES string of the molecule is Cc1cc(SC(CCc2ccccc2)c2sc(-c3ccc(C(F)(F)F)cc3)nc2C)ccc1O[Si](C)(C)C(C)(C)C. The number of thioether (sulfide) groups is 1. The zero-order valence-corrected chi connectivity index (χ0v) is 27.4. The number of hydrogen-bond donors (Lipinski definition) is 0. The first-order valence-corrected chi connectivity index (χ1v) is 18.4. The van der Waals surface area contributed by atoms with Crippen LogP contribution in [0.5, 0.6) is 5.75 Å². The van der Waals surface area contributed by atoms with Gasteiger partial charge in [-0.2, -0.15) is 13.2 Å². The fraction of sp³-hybridized carbons (Fsp3) is 0.364. The summed E-state index contributed by atoms with van der Waals surface area (Å²) in [6, 6.07) is 22.2. The number of aromatic nitrogens is 1. The number of benzene rings is 3. The van der Waals surface area contributed by atoms with Crippen molar-refractivity contribution in [2.45, 2.75) is 81.9 Å². The quantitative estimate of drug-likeness (QED) is 0.138. The highest BCUT2D eigenvalue weighted by Crippen LogP contribution is 2.46. The molecule has 0 aliphatic heterocycles. The van der Waals surface area contributed by atoms with Crippen LogP contribution < -0.4 is 4.43 Å². The standard InChI is InChI=1S/C33H38F3NOS2Si/c1-22-21-27(18-19-28(22)38-41(6,7)32(3,4)5)39-29(20-13-24-11-9-8-10-12-24)30-23(2)37-31(40-30)25-14-16-26(17-15-25)33(34,35)36/h8-12,14-19,21,29H,13,20H2,1-7H3. The molecule has 1 atom stereocenters. The van der Waals surface area contributed by atoms with E-state index in [0.29, 0.717) is 5.56 Å². The van der Waals surface area contributed by atoms with Gasteiger partial charge in [0.2, 0.25) is 8.32 Å². The van der Waals surface area contributed by atoms with Gasteiger partial charge in [-0.25, -0.2) is 4.98 Å². The van der Waals surface area contributed by atoms with Gasteiger partial charge in [0.05, 0.1) is 11.3 Å². The largest absolute Gasteiger partial charge is 0.543 e. The van der Waals surface area contributed by atoms with E-state index in [-0.39, 0.29) is 10.3 Å². The third-order valence-corrected chi connectivity index (χ3v) is 14.8.